The number of hydrogen-bond acceptors (Lipinski definition) is 4. The molecule has 1 heterocycles. The van der Waals surface area contributed by atoms with E-state index in [0.29, 0.717) is 17.2 Å². The lowest BCUT2D eigenvalue weighted by atomic mass is 10.1. The fraction of sp³-hybridized carbons (Fsp3) is 0.167. The predicted octanol–water partition coefficient (Wildman–Crippen LogP) is 3.21. The van der Waals surface area contributed by atoms with E-state index in [1.807, 2.05) is 17.5 Å². The van der Waals surface area contributed by atoms with Gasteiger partial charge < -0.3 is 9.53 Å². The Labute approximate surface area is 108 Å². The summed E-state index contributed by atoms with van der Waals surface area (Å²) in [6, 6.07) is 5.44. The third-order valence-electron chi connectivity index (χ3n) is 2.26. The van der Waals surface area contributed by atoms with E-state index in [1.54, 1.807) is 13.2 Å². The van der Waals surface area contributed by atoms with E-state index in [9.17, 15) is 4.79 Å². The lowest BCUT2D eigenvalue weighted by molar-refractivity contribution is -0.107. The largest absolute Gasteiger partial charge is 0.497 e. The van der Waals surface area contributed by atoms with Gasteiger partial charge in [-0.3, -0.25) is 0 Å². The highest BCUT2D eigenvalue weighted by Gasteiger charge is 2.09. The van der Waals surface area contributed by atoms with Gasteiger partial charge in [0.25, 0.3) is 0 Å². The van der Waals surface area contributed by atoms with Crippen LogP contribution in [0.3, 0.4) is 0 Å². The second-order valence-corrected chi connectivity index (χ2v) is 4.69. The van der Waals surface area contributed by atoms with Crippen LogP contribution in [0, 0.1) is 0 Å². The van der Waals surface area contributed by atoms with Crippen molar-refractivity contribution in [1.29, 1.82) is 0 Å². The Morgan fingerprint density at radius 2 is 2.35 bits per heavy atom. The van der Waals surface area contributed by atoms with E-state index in [0.717, 1.165) is 22.6 Å². The minimum absolute atomic E-state index is 0.346. The summed E-state index contributed by atoms with van der Waals surface area (Å²) in [6.07, 6.45) is 1.19. The normalized spacial score (nSPS) is 10.2. The number of nitrogens with zero attached hydrogens (tertiary/aromatic N) is 1. The molecule has 5 heteroatoms. The van der Waals surface area contributed by atoms with Crippen molar-refractivity contribution in [3.63, 3.8) is 0 Å². The smallest absolute Gasteiger partial charge is 0.126 e. The van der Waals surface area contributed by atoms with Crippen LogP contribution in [0.15, 0.2) is 23.6 Å². The van der Waals surface area contributed by atoms with Crippen LogP contribution in [0.1, 0.15) is 5.01 Å². The van der Waals surface area contributed by atoms with Gasteiger partial charge in [-0.2, -0.15) is 0 Å². The van der Waals surface area contributed by atoms with Crippen LogP contribution in [0.25, 0.3) is 11.3 Å². The first-order chi connectivity index (χ1) is 8.24. The van der Waals surface area contributed by atoms with Gasteiger partial charge in [-0.15, -0.1) is 11.3 Å². The van der Waals surface area contributed by atoms with Gasteiger partial charge in [-0.05, 0) is 18.2 Å². The molecular weight excluding hydrogens is 258 g/mol. The molecule has 0 radical (unpaired) electrons. The monoisotopic (exact) mass is 267 g/mol. The Hall–Kier alpha value is -1.39. The quantitative estimate of drug-likeness (QED) is 0.799. The number of rotatable bonds is 4. The number of aromatic nitrogens is 1. The van der Waals surface area contributed by atoms with Crippen molar-refractivity contribution in [3.05, 3.63) is 33.6 Å². The Morgan fingerprint density at radius 3 is 3.00 bits per heavy atom. The molecule has 0 atom stereocenters. The highest BCUT2D eigenvalue weighted by atomic mass is 35.5. The van der Waals surface area contributed by atoms with Crippen LogP contribution in [-0.2, 0) is 11.2 Å². The minimum atomic E-state index is 0.346. The standard InChI is InChI=1S/C12H10ClNO2S/c1-16-8-2-3-9(10(13)6-8)11-7-17-12(14-11)4-5-15/h2-3,5-7H,4H2,1H3. The number of carbonyl (C=O) groups excluding carboxylic acids is 1. The maximum atomic E-state index is 10.4. The van der Waals surface area contributed by atoms with Crippen molar-refractivity contribution in [2.75, 3.05) is 7.11 Å². The summed E-state index contributed by atoms with van der Waals surface area (Å²) in [4.78, 5) is 14.7. The summed E-state index contributed by atoms with van der Waals surface area (Å²) in [7, 11) is 1.59. The maximum absolute atomic E-state index is 10.4. The average Bonchev–Trinajstić information content (AvgIpc) is 2.78. The zero-order chi connectivity index (χ0) is 12.3. The summed E-state index contributed by atoms with van der Waals surface area (Å²) in [5.41, 5.74) is 1.64. The van der Waals surface area contributed by atoms with Crippen molar-refractivity contribution >= 4 is 29.2 Å². The van der Waals surface area contributed by atoms with Crippen LogP contribution in [0.4, 0.5) is 0 Å². The van der Waals surface area contributed by atoms with Gasteiger partial charge in [0.2, 0.25) is 0 Å². The molecule has 0 aliphatic heterocycles. The second-order valence-electron chi connectivity index (χ2n) is 3.34. The molecule has 2 rings (SSSR count). The van der Waals surface area contributed by atoms with Gasteiger partial charge in [-0.1, -0.05) is 11.6 Å². The maximum Gasteiger partial charge on any atom is 0.126 e. The molecule has 88 valence electrons. The molecule has 1 aromatic carbocycles. The Kier molecular flexibility index (Phi) is 3.76. The molecular formula is C12H10ClNO2S. The fourth-order valence-electron chi connectivity index (χ4n) is 1.43. The predicted molar refractivity (Wildman–Crippen MR) is 68.9 cm³/mol. The summed E-state index contributed by atoms with van der Waals surface area (Å²) < 4.78 is 5.08. The van der Waals surface area contributed by atoms with E-state index in [2.05, 4.69) is 4.98 Å². The molecule has 0 N–H and O–H groups in total. The molecule has 3 nitrogen and oxygen atoms in total. The van der Waals surface area contributed by atoms with E-state index < -0.39 is 0 Å². The molecule has 0 saturated heterocycles. The van der Waals surface area contributed by atoms with E-state index in [4.69, 9.17) is 16.3 Å². The molecule has 17 heavy (non-hydrogen) atoms. The first kappa shape index (κ1) is 12.1. The highest BCUT2D eigenvalue weighted by Crippen LogP contribution is 2.31. The van der Waals surface area contributed by atoms with Crippen molar-refractivity contribution in [2.45, 2.75) is 6.42 Å². The molecule has 0 unspecified atom stereocenters. The number of aldehydes is 1. The molecule has 0 fully saturated rings. The number of methoxy groups -OCH3 is 1. The second kappa shape index (κ2) is 5.29. The number of thiazole rings is 1. The van der Waals surface area contributed by atoms with Crippen LogP contribution in [0.2, 0.25) is 5.02 Å². The molecule has 2 aromatic rings. The van der Waals surface area contributed by atoms with Crippen LogP contribution in [0.5, 0.6) is 5.75 Å². The van der Waals surface area contributed by atoms with Crippen LogP contribution < -0.4 is 4.74 Å². The Balaban J connectivity index is 2.35. The average molecular weight is 268 g/mol. The molecule has 0 aliphatic rings. The van der Waals surface area contributed by atoms with Gasteiger partial charge >= 0.3 is 0 Å². The van der Waals surface area contributed by atoms with Crippen molar-refractivity contribution in [3.8, 4) is 17.0 Å². The molecule has 0 bridgehead atoms. The van der Waals surface area contributed by atoms with E-state index in [-0.39, 0.29) is 0 Å². The topological polar surface area (TPSA) is 39.2 Å². The summed E-state index contributed by atoms with van der Waals surface area (Å²) in [6.45, 7) is 0. The molecule has 0 amide bonds. The number of benzene rings is 1. The van der Waals surface area contributed by atoms with E-state index in [1.165, 1.54) is 11.3 Å². The first-order valence-corrected chi connectivity index (χ1v) is 6.22. The van der Waals surface area contributed by atoms with E-state index >= 15 is 0 Å². The number of halogens is 1. The van der Waals surface area contributed by atoms with Gasteiger partial charge in [0.15, 0.2) is 0 Å². The zero-order valence-corrected chi connectivity index (χ0v) is 10.7. The summed E-state index contributed by atoms with van der Waals surface area (Å²) >= 11 is 7.60. The first-order valence-electron chi connectivity index (χ1n) is 4.96. The fourth-order valence-corrected chi connectivity index (χ4v) is 2.44. The summed E-state index contributed by atoms with van der Waals surface area (Å²) in [5, 5.41) is 3.28. The summed E-state index contributed by atoms with van der Waals surface area (Å²) in [5.74, 6) is 0.710. The van der Waals surface area contributed by atoms with Crippen LogP contribution >= 0.6 is 22.9 Å². The SMILES string of the molecule is COc1ccc(-c2csc(CC=O)n2)c(Cl)c1. The zero-order valence-electron chi connectivity index (χ0n) is 9.14. The minimum Gasteiger partial charge on any atom is -0.497 e. The van der Waals surface area contributed by atoms with Crippen molar-refractivity contribution < 1.29 is 9.53 Å². The lowest BCUT2D eigenvalue weighted by Crippen LogP contribution is -1.87. The van der Waals surface area contributed by atoms with Crippen LogP contribution in [-0.4, -0.2) is 18.4 Å². The van der Waals surface area contributed by atoms with Gasteiger partial charge in [0.05, 0.1) is 24.2 Å². The number of carbonyl (C=O) groups is 1. The number of hydrogen-bond donors (Lipinski definition) is 0. The third kappa shape index (κ3) is 2.65. The molecule has 0 spiro atoms. The van der Waals surface area contributed by atoms with Gasteiger partial charge in [-0.25, -0.2) is 4.98 Å². The lowest BCUT2D eigenvalue weighted by Gasteiger charge is -2.03. The number of ether oxygens (including phenoxy) is 1. The highest BCUT2D eigenvalue weighted by molar-refractivity contribution is 7.10. The third-order valence-corrected chi connectivity index (χ3v) is 3.45. The van der Waals surface area contributed by atoms with Gasteiger partial charge in [0.1, 0.15) is 17.0 Å². The Morgan fingerprint density at radius 1 is 1.53 bits per heavy atom. The van der Waals surface area contributed by atoms with Crippen molar-refractivity contribution in [1.82, 2.24) is 4.98 Å². The molecule has 0 saturated carbocycles. The van der Waals surface area contributed by atoms with Gasteiger partial charge in [0, 0.05) is 10.9 Å². The molecule has 1 aromatic heterocycles. The van der Waals surface area contributed by atoms with Crippen molar-refractivity contribution in [2.24, 2.45) is 0 Å². The molecule has 0 aliphatic carbocycles. The Bertz CT molecular complexity index is 539.